The van der Waals surface area contributed by atoms with E-state index in [1.807, 2.05) is 18.2 Å². The lowest BCUT2D eigenvalue weighted by Crippen LogP contribution is -2.16. The fraction of sp³-hybridized carbons (Fsp3) is 0.550. The van der Waals surface area contributed by atoms with Crippen LogP contribution in [-0.2, 0) is 4.79 Å². The summed E-state index contributed by atoms with van der Waals surface area (Å²) in [6, 6.07) is 3.77. The number of ketones is 1. The monoisotopic (exact) mass is 330 g/mol. The van der Waals surface area contributed by atoms with Gasteiger partial charge in [-0.05, 0) is 55.4 Å². The number of methoxy groups -OCH3 is 3. The molecule has 0 saturated heterocycles. The molecule has 2 aliphatic rings. The van der Waals surface area contributed by atoms with E-state index in [0.29, 0.717) is 28.9 Å². The van der Waals surface area contributed by atoms with Crippen LogP contribution in [0.3, 0.4) is 0 Å². The van der Waals surface area contributed by atoms with Crippen LogP contribution in [0.2, 0.25) is 0 Å². The van der Waals surface area contributed by atoms with Crippen molar-refractivity contribution in [2.45, 2.75) is 38.5 Å². The first-order valence-corrected chi connectivity index (χ1v) is 8.73. The molecule has 0 aromatic heterocycles. The number of carbonyl (C=O) groups excluding carboxylic acids is 1. The first-order chi connectivity index (χ1) is 11.7. The second-order valence-corrected chi connectivity index (χ2v) is 6.65. The van der Waals surface area contributed by atoms with Gasteiger partial charge < -0.3 is 14.2 Å². The number of ether oxygens (including phenoxy) is 3. The summed E-state index contributed by atoms with van der Waals surface area (Å²) in [6.45, 7) is 0. The predicted molar refractivity (Wildman–Crippen MR) is 93.8 cm³/mol. The molecule has 2 aliphatic carbocycles. The summed E-state index contributed by atoms with van der Waals surface area (Å²) in [7, 11) is 4.80. The fourth-order valence-electron chi connectivity index (χ4n) is 4.18. The standard InChI is InChI=1S/C20H26O4/c1-22-17-11-9-15(19(23-2)20(17)24-3)12-14-8-10-16(18(14)21)13-6-4-5-7-13/h9,11-13,16H,4-8,10H2,1-3H3/b14-12+/t16-/m1/s1. The Morgan fingerprint density at radius 2 is 1.67 bits per heavy atom. The summed E-state index contributed by atoms with van der Waals surface area (Å²) < 4.78 is 16.3. The number of Topliss-reactive ketones (excluding diaryl/α,β-unsaturated/α-hetero) is 1. The van der Waals surface area contributed by atoms with Crippen molar-refractivity contribution in [2.24, 2.45) is 11.8 Å². The summed E-state index contributed by atoms with van der Waals surface area (Å²) in [6.07, 6.45) is 8.79. The van der Waals surface area contributed by atoms with Crippen LogP contribution in [0.5, 0.6) is 17.2 Å². The van der Waals surface area contributed by atoms with Gasteiger partial charge in [0.05, 0.1) is 21.3 Å². The molecule has 0 amide bonds. The topological polar surface area (TPSA) is 44.8 Å². The molecule has 0 spiro atoms. The number of rotatable bonds is 5. The first kappa shape index (κ1) is 16.9. The highest BCUT2D eigenvalue weighted by Crippen LogP contribution is 2.44. The zero-order valence-electron chi connectivity index (χ0n) is 14.8. The van der Waals surface area contributed by atoms with Crippen LogP contribution >= 0.6 is 0 Å². The molecular formula is C20H26O4. The van der Waals surface area contributed by atoms with E-state index in [9.17, 15) is 4.79 Å². The smallest absolute Gasteiger partial charge is 0.203 e. The molecule has 1 atom stereocenters. The maximum Gasteiger partial charge on any atom is 0.203 e. The Balaban J connectivity index is 1.90. The third-order valence-electron chi connectivity index (χ3n) is 5.41. The molecule has 4 nitrogen and oxygen atoms in total. The van der Waals surface area contributed by atoms with Gasteiger partial charge in [0.1, 0.15) is 0 Å². The van der Waals surface area contributed by atoms with Gasteiger partial charge in [0, 0.05) is 11.5 Å². The largest absolute Gasteiger partial charge is 0.493 e. The number of carbonyl (C=O) groups is 1. The molecule has 1 aromatic rings. The van der Waals surface area contributed by atoms with E-state index < -0.39 is 0 Å². The third kappa shape index (κ3) is 3.02. The third-order valence-corrected chi connectivity index (χ3v) is 5.41. The lowest BCUT2D eigenvalue weighted by molar-refractivity contribution is -0.119. The SMILES string of the molecule is COc1ccc(/C=C2\CC[C@H](C3CCCC3)C2=O)c(OC)c1OC. The van der Waals surface area contributed by atoms with Crippen molar-refractivity contribution in [1.82, 2.24) is 0 Å². The second-order valence-electron chi connectivity index (χ2n) is 6.65. The van der Waals surface area contributed by atoms with Crippen LogP contribution in [0, 0.1) is 11.8 Å². The van der Waals surface area contributed by atoms with E-state index >= 15 is 0 Å². The average molecular weight is 330 g/mol. The van der Waals surface area contributed by atoms with Crippen LogP contribution in [0.1, 0.15) is 44.1 Å². The van der Waals surface area contributed by atoms with E-state index in [2.05, 4.69) is 0 Å². The van der Waals surface area contributed by atoms with Gasteiger partial charge in [0.2, 0.25) is 5.75 Å². The lowest BCUT2D eigenvalue weighted by Gasteiger charge is -2.16. The Morgan fingerprint density at radius 1 is 0.958 bits per heavy atom. The van der Waals surface area contributed by atoms with E-state index in [0.717, 1.165) is 24.0 Å². The molecule has 24 heavy (non-hydrogen) atoms. The molecule has 2 fully saturated rings. The minimum Gasteiger partial charge on any atom is -0.493 e. The number of benzene rings is 1. The molecule has 4 heteroatoms. The van der Waals surface area contributed by atoms with Crippen molar-refractivity contribution in [1.29, 1.82) is 0 Å². The van der Waals surface area contributed by atoms with Crippen molar-refractivity contribution < 1.29 is 19.0 Å². The van der Waals surface area contributed by atoms with Gasteiger partial charge in [-0.25, -0.2) is 0 Å². The van der Waals surface area contributed by atoms with E-state index in [1.165, 1.54) is 25.7 Å². The van der Waals surface area contributed by atoms with Gasteiger partial charge in [-0.3, -0.25) is 4.79 Å². The zero-order chi connectivity index (χ0) is 17.1. The van der Waals surface area contributed by atoms with Gasteiger partial charge in [0.15, 0.2) is 17.3 Å². The van der Waals surface area contributed by atoms with Crippen LogP contribution in [0.4, 0.5) is 0 Å². The minimum atomic E-state index is 0.227. The maximum atomic E-state index is 12.8. The van der Waals surface area contributed by atoms with Crippen molar-refractivity contribution in [3.63, 3.8) is 0 Å². The summed E-state index contributed by atoms with van der Waals surface area (Å²) in [5, 5.41) is 0. The molecule has 0 heterocycles. The van der Waals surface area contributed by atoms with Gasteiger partial charge >= 0.3 is 0 Å². The highest BCUT2D eigenvalue weighted by Gasteiger charge is 2.36. The fourth-order valence-corrected chi connectivity index (χ4v) is 4.18. The van der Waals surface area contributed by atoms with Gasteiger partial charge in [-0.15, -0.1) is 0 Å². The van der Waals surface area contributed by atoms with Crippen LogP contribution in [-0.4, -0.2) is 27.1 Å². The molecule has 2 saturated carbocycles. The first-order valence-electron chi connectivity index (χ1n) is 8.73. The molecule has 130 valence electrons. The molecule has 3 rings (SSSR count). The lowest BCUT2D eigenvalue weighted by atomic mass is 9.88. The molecule has 0 unspecified atom stereocenters. The second kappa shape index (κ2) is 7.29. The number of allylic oxidation sites excluding steroid dienone is 1. The Morgan fingerprint density at radius 3 is 2.29 bits per heavy atom. The molecule has 0 bridgehead atoms. The molecule has 0 N–H and O–H groups in total. The van der Waals surface area contributed by atoms with Crippen molar-refractivity contribution in [3.8, 4) is 17.2 Å². The predicted octanol–water partition coefficient (Wildman–Crippen LogP) is 4.27. The van der Waals surface area contributed by atoms with Gasteiger partial charge in [-0.1, -0.05) is 12.8 Å². The highest BCUT2D eigenvalue weighted by atomic mass is 16.5. The van der Waals surface area contributed by atoms with E-state index in [-0.39, 0.29) is 5.92 Å². The highest BCUT2D eigenvalue weighted by molar-refractivity contribution is 6.03. The summed E-state index contributed by atoms with van der Waals surface area (Å²) in [5.74, 6) is 2.95. The summed E-state index contributed by atoms with van der Waals surface area (Å²) in [5.41, 5.74) is 1.78. The molecule has 1 aromatic carbocycles. The Bertz CT molecular complexity index is 641. The van der Waals surface area contributed by atoms with Crippen LogP contribution in [0.25, 0.3) is 6.08 Å². The van der Waals surface area contributed by atoms with Crippen molar-refractivity contribution in [2.75, 3.05) is 21.3 Å². The average Bonchev–Trinajstić information content (AvgIpc) is 3.24. The Labute approximate surface area is 143 Å². The Kier molecular flexibility index (Phi) is 5.12. The molecule has 0 aliphatic heterocycles. The quantitative estimate of drug-likeness (QED) is 0.757. The minimum absolute atomic E-state index is 0.227. The van der Waals surface area contributed by atoms with Crippen LogP contribution < -0.4 is 14.2 Å². The van der Waals surface area contributed by atoms with Crippen molar-refractivity contribution in [3.05, 3.63) is 23.3 Å². The van der Waals surface area contributed by atoms with Crippen LogP contribution in [0.15, 0.2) is 17.7 Å². The van der Waals surface area contributed by atoms with E-state index in [1.54, 1.807) is 21.3 Å². The number of hydrogen-bond acceptors (Lipinski definition) is 4. The molecular weight excluding hydrogens is 304 g/mol. The molecule has 0 radical (unpaired) electrons. The summed E-state index contributed by atoms with van der Waals surface area (Å²) >= 11 is 0. The van der Waals surface area contributed by atoms with Gasteiger partial charge in [-0.2, -0.15) is 0 Å². The Hall–Kier alpha value is -1.97. The van der Waals surface area contributed by atoms with E-state index in [4.69, 9.17) is 14.2 Å². The summed E-state index contributed by atoms with van der Waals surface area (Å²) in [4.78, 5) is 12.8. The normalized spacial score (nSPS) is 23.0. The van der Waals surface area contributed by atoms with Gasteiger partial charge in [0.25, 0.3) is 0 Å². The number of hydrogen-bond donors (Lipinski definition) is 0. The zero-order valence-corrected chi connectivity index (χ0v) is 14.8. The van der Waals surface area contributed by atoms with Crippen molar-refractivity contribution >= 4 is 11.9 Å². The maximum absolute atomic E-state index is 12.8.